The lowest BCUT2D eigenvalue weighted by atomic mass is 9.82. The van der Waals surface area contributed by atoms with Crippen LogP contribution in [0.2, 0.25) is 0 Å². The molecule has 1 heterocycles. The van der Waals surface area contributed by atoms with Crippen LogP contribution in [-0.2, 0) is 18.3 Å². The number of H-pyrrole nitrogens is 1. The van der Waals surface area contributed by atoms with Crippen LogP contribution < -0.4 is 5.32 Å². The molecule has 0 radical (unpaired) electrons. The first-order valence-electron chi connectivity index (χ1n) is 7.09. The summed E-state index contributed by atoms with van der Waals surface area (Å²) in [4.78, 5) is 11.9. The highest BCUT2D eigenvalue weighted by Crippen LogP contribution is 2.30. The first-order valence-corrected chi connectivity index (χ1v) is 7.50. The number of carbonyl (C=O) groups is 1. The van der Waals surface area contributed by atoms with Crippen molar-refractivity contribution in [3.8, 4) is 0 Å². The van der Waals surface area contributed by atoms with Gasteiger partial charge in [-0.05, 0) is 25.1 Å². The minimum atomic E-state index is -0.798. The van der Waals surface area contributed by atoms with Gasteiger partial charge in [0.25, 0.3) is 0 Å². The van der Waals surface area contributed by atoms with E-state index < -0.39 is 5.60 Å². The van der Waals surface area contributed by atoms with E-state index in [0.29, 0.717) is 17.7 Å². The van der Waals surface area contributed by atoms with Gasteiger partial charge in [0.15, 0.2) is 4.77 Å². The van der Waals surface area contributed by atoms with Gasteiger partial charge in [-0.15, -0.1) is 0 Å². The lowest BCUT2D eigenvalue weighted by Crippen LogP contribution is -2.39. The molecule has 2 rings (SSSR count). The molecule has 1 aromatic rings. The van der Waals surface area contributed by atoms with Crippen molar-refractivity contribution in [3.05, 3.63) is 10.6 Å². The molecule has 0 unspecified atom stereocenters. The monoisotopic (exact) mass is 298 g/mol. The summed E-state index contributed by atoms with van der Waals surface area (Å²) in [6.45, 7) is 0.502. The number of rotatable bonds is 5. The van der Waals surface area contributed by atoms with Gasteiger partial charge in [0, 0.05) is 20.0 Å². The Hall–Kier alpha value is -1.21. The number of nitrogens with one attached hydrogen (secondary N) is 2. The molecular weight excluding hydrogens is 276 g/mol. The van der Waals surface area contributed by atoms with Gasteiger partial charge in [-0.2, -0.15) is 5.10 Å². The second kappa shape index (κ2) is 6.49. The Morgan fingerprint density at radius 1 is 1.50 bits per heavy atom. The van der Waals surface area contributed by atoms with E-state index in [1.165, 1.54) is 0 Å². The Morgan fingerprint density at radius 2 is 2.20 bits per heavy atom. The maximum Gasteiger partial charge on any atom is 0.222 e. The lowest BCUT2D eigenvalue weighted by molar-refractivity contribution is -0.127. The van der Waals surface area contributed by atoms with Crippen molar-refractivity contribution in [2.24, 2.45) is 7.05 Å². The van der Waals surface area contributed by atoms with Gasteiger partial charge in [-0.3, -0.25) is 9.89 Å². The number of hydrogen-bond donors (Lipinski definition) is 3. The molecule has 1 fully saturated rings. The quantitative estimate of drug-likeness (QED) is 0.714. The second-order valence-corrected chi connectivity index (χ2v) is 5.95. The molecule has 1 aliphatic rings. The Bertz CT molecular complexity index is 517. The summed E-state index contributed by atoms with van der Waals surface area (Å²) in [5.41, 5.74) is -0.798. The maximum absolute atomic E-state index is 11.9. The second-order valence-electron chi connectivity index (χ2n) is 5.57. The summed E-state index contributed by atoms with van der Waals surface area (Å²) in [6, 6.07) is 0. The molecule has 0 aliphatic heterocycles. The topological polar surface area (TPSA) is 82.9 Å². The van der Waals surface area contributed by atoms with Crippen molar-refractivity contribution in [2.45, 2.75) is 50.5 Å². The first kappa shape index (κ1) is 15.2. The Labute approximate surface area is 123 Å². The van der Waals surface area contributed by atoms with Gasteiger partial charge in [0.05, 0.1) is 12.0 Å². The SMILES string of the molecule is Cn1c(CCNC(=O)CC2(O)CCCCC2)n[nH]c1=S. The maximum atomic E-state index is 11.9. The predicted molar refractivity (Wildman–Crippen MR) is 77.8 cm³/mol. The Morgan fingerprint density at radius 3 is 2.80 bits per heavy atom. The Balaban J connectivity index is 1.75. The smallest absolute Gasteiger partial charge is 0.222 e. The van der Waals surface area contributed by atoms with Crippen LogP contribution in [0.15, 0.2) is 0 Å². The number of amides is 1. The van der Waals surface area contributed by atoms with E-state index in [-0.39, 0.29) is 12.3 Å². The fraction of sp³-hybridized carbons (Fsp3) is 0.769. The summed E-state index contributed by atoms with van der Waals surface area (Å²) < 4.78 is 2.36. The van der Waals surface area contributed by atoms with Gasteiger partial charge >= 0.3 is 0 Å². The highest BCUT2D eigenvalue weighted by atomic mass is 32.1. The van der Waals surface area contributed by atoms with Gasteiger partial charge in [0.1, 0.15) is 5.82 Å². The predicted octanol–water partition coefficient (Wildman–Crippen LogP) is 1.22. The van der Waals surface area contributed by atoms with Crippen molar-refractivity contribution in [3.63, 3.8) is 0 Å². The summed E-state index contributed by atoms with van der Waals surface area (Å²) >= 11 is 5.02. The molecule has 0 bridgehead atoms. The van der Waals surface area contributed by atoms with Crippen molar-refractivity contribution >= 4 is 18.1 Å². The zero-order valence-electron chi connectivity index (χ0n) is 11.8. The zero-order valence-corrected chi connectivity index (χ0v) is 12.6. The number of aromatic nitrogens is 3. The number of hydrogen-bond acceptors (Lipinski definition) is 4. The zero-order chi connectivity index (χ0) is 14.6. The largest absolute Gasteiger partial charge is 0.389 e. The fourth-order valence-electron chi connectivity index (χ4n) is 2.66. The summed E-state index contributed by atoms with van der Waals surface area (Å²) in [5, 5.41) is 19.9. The van der Waals surface area contributed by atoms with Crippen LogP contribution in [0, 0.1) is 4.77 Å². The Kier molecular flexibility index (Phi) is 4.93. The van der Waals surface area contributed by atoms with E-state index in [1.54, 1.807) is 4.57 Å². The van der Waals surface area contributed by atoms with Crippen LogP contribution in [0.3, 0.4) is 0 Å². The van der Waals surface area contributed by atoms with Crippen LogP contribution >= 0.6 is 12.2 Å². The molecule has 1 amide bonds. The minimum absolute atomic E-state index is 0.0915. The third-order valence-electron chi connectivity index (χ3n) is 3.92. The number of aromatic amines is 1. The van der Waals surface area contributed by atoms with Crippen LogP contribution in [0.25, 0.3) is 0 Å². The van der Waals surface area contributed by atoms with Crippen LogP contribution in [0.4, 0.5) is 0 Å². The van der Waals surface area contributed by atoms with E-state index in [4.69, 9.17) is 12.2 Å². The minimum Gasteiger partial charge on any atom is -0.389 e. The average Bonchev–Trinajstić information content (AvgIpc) is 2.71. The van der Waals surface area contributed by atoms with Gasteiger partial charge in [0.2, 0.25) is 5.91 Å². The van der Waals surface area contributed by atoms with Crippen LogP contribution in [-0.4, -0.2) is 37.9 Å². The van der Waals surface area contributed by atoms with Crippen molar-refractivity contribution in [1.82, 2.24) is 20.1 Å². The molecule has 0 aromatic carbocycles. The van der Waals surface area contributed by atoms with E-state index in [1.807, 2.05) is 7.05 Å². The molecular formula is C13H22N4O2S. The van der Waals surface area contributed by atoms with Crippen LogP contribution in [0.5, 0.6) is 0 Å². The van der Waals surface area contributed by atoms with Crippen LogP contribution in [0.1, 0.15) is 44.3 Å². The number of carbonyl (C=O) groups excluding carboxylic acids is 1. The summed E-state index contributed by atoms with van der Waals surface area (Å²) in [7, 11) is 1.84. The lowest BCUT2D eigenvalue weighted by Gasteiger charge is -2.31. The number of nitrogens with zero attached hydrogens (tertiary/aromatic N) is 2. The average molecular weight is 298 g/mol. The van der Waals surface area contributed by atoms with Gasteiger partial charge < -0.3 is 15.0 Å². The van der Waals surface area contributed by atoms with Crippen molar-refractivity contribution < 1.29 is 9.90 Å². The van der Waals surface area contributed by atoms with E-state index >= 15 is 0 Å². The molecule has 7 heteroatoms. The molecule has 6 nitrogen and oxygen atoms in total. The molecule has 1 aliphatic carbocycles. The summed E-state index contributed by atoms with van der Waals surface area (Å²) in [6.07, 6.45) is 5.45. The molecule has 1 saturated carbocycles. The van der Waals surface area contributed by atoms with Crippen molar-refractivity contribution in [2.75, 3.05) is 6.54 Å². The highest BCUT2D eigenvalue weighted by Gasteiger charge is 2.31. The molecule has 20 heavy (non-hydrogen) atoms. The molecule has 0 saturated heterocycles. The standard InChI is InChI=1S/C13H22N4O2S/c1-17-10(15-16-12(17)20)5-8-14-11(18)9-13(19)6-3-2-4-7-13/h19H,2-9H2,1H3,(H,14,18)(H,16,20). The highest BCUT2D eigenvalue weighted by molar-refractivity contribution is 7.71. The van der Waals surface area contributed by atoms with Crippen molar-refractivity contribution in [1.29, 1.82) is 0 Å². The fourth-order valence-corrected chi connectivity index (χ4v) is 2.82. The molecule has 0 atom stereocenters. The van der Waals surface area contributed by atoms with Gasteiger partial charge in [-0.1, -0.05) is 19.3 Å². The van der Waals surface area contributed by atoms with E-state index in [2.05, 4.69) is 15.5 Å². The third-order valence-corrected chi connectivity index (χ3v) is 4.28. The molecule has 0 spiro atoms. The number of aliphatic hydroxyl groups is 1. The van der Waals surface area contributed by atoms with E-state index in [0.717, 1.165) is 37.9 Å². The summed E-state index contributed by atoms with van der Waals surface area (Å²) in [5.74, 6) is 0.720. The molecule has 3 N–H and O–H groups in total. The normalized spacial score (nSPS) is 17.9. The van der Waals surface area contributed by atoms with E-state index in [9.17, 15) is 9.90 Å². The molecule has 1 aromatic heterocycles. The van der Waals surface area contributed by atoms with Gasteiger partial charge in [-0.25, -0.2) is 0 Å². The molecule has 112 valence electrons. The third kappa shape index (κ3) is 3.89. The first-order chi connectivity index (χ1) is 9.50.